The summed E-state index contributed by atoms with van der Waals surface area (Å²) in [5.74, 6) is -0.579. The zero-order chi connectivity index (χ0) is 4.99. The number of esters is 1. The van der Waals surface area contributed by atoms with E-state index in [4.69, 9.17) is 0 Å². The van der Waals surface area contributed by atoms with Crippen LogP contribution in [0.15, 0.2) is 0 Å². The molecule has 0 rings (SSSR count). The van der Waals surface area contributed by atoms with Crippen LogP contribution in [-0.4, -0.2) is 31.3 Å². The normalized spacial score (nSPS) is 5.86. The quantitative estimate of drug-likeness (QED) is 0.183. The van der Waals surface area contributed by atoms with Crippen LogP contribution in [-0.2, 0) is 14.3 Å². The van der Waals surface area contributed by atoms with E-state index in [-0.39, 0.29) is 25.3 Å². The summed E-state index contributed by atoms with van der Waals surface area (Å²) in [6.07, 6.45) is 0. The third kappa shape index (κ3) is 10.7. The fourth-order valence-corrected chi connectivity index (χ4v) is 0.0678. The molecule has 0 unspecified atom stereocenters. The van der Waals surface area contributed by atoms with Crippen LogP contribution >= 0.6 is 0 Å². The Bertz CT molecular complexity index is 70.6. The Balaban J connectivity index is 0. The van der Waals surface area contributed by atoms with Gasteiger partial charge in [-0.15, -0.1) is 0 Å². The minimum atomic E-state index is -0.579. The summed E-state index contributed by atoms with van der Waals surface area (Å²) >= 11 is 0. The first-order chi connectivity index (χ1) is 2.77. The van der Waals surface area contributed by atoms with Crippen LogP contribution in [0.4, 0.5) is 0 Å². The Kier molecular flexibility index (Phi) is 8.10. The fourth-order valence-electron chi connectivity index (χ4n) is 0.0678. The maximum absolute atomic E-state index is 9.59. The molecular formula is C3H5LiO3. The Morgan fingerprint density at radius 1 is 1.71 bits per heavy atom. The van der Waals surface area contributed by atoms with Gasteiger partial charge >= 0.3 is 31.3 Å². The van der Waals surface area contributed by atoms with Crippen molar-refractivity contribution in [1.29, 1.82) is 0 Å². The number of carbonyl (C=O) groups is 2. The van der Waals surface area contributed by atoms with E-state index in [1.54, 1.807) is 0 Å². The monoisotopic (exact) mass is 96.0 g/mol. The van der Waals surface area contributed by atoms with Crippen molar-refractivity contribution in [3.05, 3.63) is 0 Å². The topological polar surface area (TPSA) is 43.4 Å². The molecule has 3 nitrogen and oxygen atoms in total. The molecule has 0 radical (unpaired) electrons. The molecule has 0 aromatic carbocycles. The number of hydrogen-bond acceptors (Lipinski definition) is 3. The molecule has 0 aliphatic carbocycles. The van der Waals surface area contributed by atoms with E-state index in [2.05, 4.69) is 4.74 Å². The molecule has 0 fully saturated rings. The summed E-state index contributed by atoms with van der Waals surface area (Å²) in [4.78, 5) is 18.8. The summed E-state index contributed by atoms with van der Waals surface area (Å²) < 4.78 is 3.72. The van der Waals surface area contributed by atoms with Crippen molar-refractivity contribution in [2.75, 3.05) is 0 Å². The second kappa shape index (κ2) is 5.74. The summed E-state index contributed by atoms with van der Waals surface area (Å²) in [5, 5.41) is 0. The third-order valence-electron chi connectivity index (χ3n) is 0.214. The van der Waals surface area contributed by atoms with E-state index in [1.807, 2.05) is 0 Å². The molecule has 0 aliphatic rings. The molecule has 36 valence electrons. The zero-order valence-electron chi connectivity index (χ0n) is 3.30. The second-order valence-corrected chi connectivity index (χ2v) is 0.706. The SMILES string of the molecule is CC(=O)OC=O.[LiH]. The molecule has 4 heteroatoms. The van der Waals surface area contributed by atoms with Gasteiger partial charge in [0, 0.05) is 6.92 Å². The first-order valence-electron chi connectivity index (χ1n) is 1.38. The van der Waals surface area contributed by atoms with E-state index < -0.39 is 5.97 Å². The van der Waals surface area contributed by atoms with Gasteiger partial charge in [0.05, 0.1) is 0 Å². The van der Waals surface area contributed by atoms with Gasteiger partial charge in [0.15, 0.2) is 0 Å². The number of ether oxygens (including phenoxy) is 1. The van der Waals surface area contributed by atoms with Crippen LogP contribution in [0.3, 0.4) is 0 Å². The van der Waals surface area contributed by atoms with Gasteiger partial charge in [-0.05, 0) is 0 Å². The molecule has 0 N–H and O–H groups in total. The van der Waals surface area contributed by atoms with Crippen molar-refractivity contribution in [2.24, 2.45) is 0 Å². The van der Waals surface area contributed by atoms with Gasteiger partial charge < -0.3 is 4.74 Å². The van der Waals surface area contributed by atoms with E-state index in [0.29, 0.717) is 0 Å². The van der Waals surface area contributed by atoms with Crippen molar-refractivity contribution < 1.29 is 14.3 Å². The minimum absolute atomic E-state index is 0. The number of hydrogen-bond donors (Lipinski definition) is 0. The van der Waals surface area contributed by atoms with Gasteiger partial charge in [-0.25, -0.2) is 0 Å². The van der Waals surface area contributed by atoms with E-state index in [0.717, 1.165) is 6.92 Å². The van der Waals surface area contributed by atoms with E-state index in [1.165, 1.54) is 0 Å². The molecule has 0 atom stereocenters. The summed E-state index contributed by atoms with van der Waals surface area (Å²) in [7, 11) is 0. The molecule has 0 amide bonds. The van der Waals surface area contributed by atoms with Crippen LogP contribution in [0, 0.1) is 0 Å². The molecule has 0 aromatic heterocycles. The van der Waals surface area contributed by atoms with Crippen LogP contribution in [0.5, 0.6) is 0 Å². The average Bonchev–Trinajstić information content (AvgIpc) is 1.35. The van der Waals surface area contributed by atoms with Crippen molar-refractivity contribution in [3.8, 4) is 0 Å². The third-order valence-corrected chi connectivity index (χ3v) is 0.214. The van der Waals surface area contributed by atoms with Crippen LogP contribution in [0.1, 0.15) is 6.92 Å². The Labute approximate surface area is 53.2 Å². The van der Waals surface area contributed by atoms with E-state index in [9.17, 15) is 9.59 Å². The molecule has 0 saturated heterocycles. The van der Waals surface area contributed by atoms with Crippen molar-refractivity contribution in [1.82, 2.24) is 0 Å². The predicted octanol–water partition coefficient (Wildman–Crippen LogP) is -0.943. The van der Waals surface area contributed by atoms with Gasteiger partial charge in [-0.3, -0.25) is 9.59 Å². The Hall–Kier alpha value is -0.263. The van der Waals surface area contributed by atoms with Gasteiger partial charge in [-0.2, -0.15) is 0 Å². The maximum atomic E-state index is 9.59. The molecule has 0 heterocycles. The standard InChI is InChI=1S/C3H4O3.Li.H/c1-3(5)6-2-4;;/h2H,1H3;;. The first-order valence-corrected chi connectivity index (χ1v) is 1.38. The molecular weight excluding hydrogens is 91.0 g/mol. The molecule has 0 spiro atoms. The first kappa shape index (κ1) is 9.88. The molecule has 0 saturated carbocycles. The summed E-state index contributed by atoms with van der Waals surface area (Å²) in [5.41, 5.74) is 0. The number of rotatable bonds is 1. The van der Waals surface area contributed by atoms with Gasteiger partial charge in [0.1, 0.15) is 0 Å². The molecule has 0 bridgehead atoms. The van der Waals surface area contributed by atoms with Crippen molar-refractivity contribution in [2.45, 2.75) is 6.92 Å². The predicted molar refractivity (Wildman–Crippen MR) is 25.0 cm³/mol. The molecule has 7 heavy (non-hydrogen) atoms. The van der Waals surface area contributed by atoms with E-state index >= 15 is 0 Å². The number of carbonyl (C=O) groups excluding carboxylic acids is 2. The average molecular weight is 96.0 g/mol. The Morgan fingerprint density at radius 2 is 2.14 bits per heavy atom. The van der Waals surface area contributed by atoms with Crippen LogP contribution < -0.4 is 0 Å². The fraction of sp³-hybridized carbons (Fsp3) is 0.333. The summed E-state index contributed by atoms with van der Waals surface area (Å²) in [6, 6.07) is 0. The van der Waals surface area contributed by atoms with Gasteiger partial charge in [0.25, 0.3) is 0 Å². The van der Waals surface area contributed by atoms with Crippen molar-refractivity contribution >= 4 is 31.3 Å². The van der Waals surface area contributed by atoms with Gasteiger partial charge in [0.2, 0.25) is 0 Å². The van der Waals surface area contributed by atoms with Crippen molar-refractivity contribution in [3.63, 3.8) is 0 Å². The molecule has 0 aromatic rings. The van der Waals surface area contributed by atoms with Crippen LogP contribution in [0.25, 0.3) is 0 Å². The van der Waals surface area contributed by atoms with Crippen LogP contribution in [0.2, 0.25) is 0 Å². The zero-order valence-corrected chi connectivity index (χ0v) is 3.30. The molecule has 0 aliphatic heterocycles. The second-order valence-electron chi connectivity index (χ2n) is 0.706. The summed E-state index contributed by atoms with van der Waals surface area (Å²) in [6.45, 7) is 1.26. The van der Waals surface area contributed by atoms with Gasteiger partial charge in [-0.1, -0.05) is 0 Å². The Morgan fingerprint density at radius 3 is 2.14 bits per heavy atom.